The zero-order valence-corrected chi connectivity index (χ0v) is 13.3. The Bertz CT molecular complexity index is 963. The Morgan fingerprint density at radius 2 is 1.84 bits per heavy atom. The lowest BCUT2D eigenvalue weighted by Gasteiger charge is -2.08. The molecule has 0 aliphatic carbocycles. The van der Waals surface area contributed by atoms with Crippen LogP contribution in [0.25, 0.3) is 5.69 Å². The molecule has 0 aliphatic heterocycles. The maximum absolute atomic E-state index is 13.1. The maximum Gasteiger partial charge on any atom is 0.209 e. The second-order valence-electron chi connectivity index (χ2n) is 5.25. The molecule has 3 aromatic rings. The summed E-state index contributed by atoms with van der Waals surface area (Å²) in [7, 11) is 0. The molecule has 25 heavy (non-hydrogen) atoms. The molecule has 5 nitrogen and oxygen atoms in total. The molecule has 0 radical (unpaired) electrons. The van der Waals surface area contributed by atoms with Crippen LogP contribution in [0.4, 0.5) is 10.1 Å². The fourth-order valence-electron chi connectivity index (χ4n) is 2.30. The normalized spacial score (nSPS) is 11.3. The molecule has 0 saturated heterocycles. The topological polar surface area (TPSA) is 71.1 Å². The second-order valence-corrected chi connectivity index (χ2v) is 5.25. The van der Waals surface area contributed by atoms with Crippen molar-refractivity contribution in [3.05, 3.63) is 88.6 Å². The Morgan fingerprint density at radius 1 is 1.12 bits per heavy atom. The molecule has 3 rings (SSSR count). The third kappa shape index (κ3) is 3.92. The quantitative estimate of drug-likeness (QED) is 0.725. The van der Waals surface area contributed by atoms with Crippen LogP contribution < -0.4 is 5.43 Å². The third-order valence-corrected chi connectivity index (χ3v) is 3.49. The van der Waals surface area contributed by atoms with Gasteiger partial charge in [-0.1, -0.05) is 18.2 Å². The third-order valence-electron chi connectivity index (χ3n) is 3.49. The first kappa shape index (κ1) is 16.4. The van der Waals surface area contributed by atoms with Crippen LogP contribution in [0.1, 0.15) is 12.1 Å². The number of para-hydroxylation sites is 1. The number of hydrogen-bond acceptors (Lipinski definition) is 4. The molecule has 0 bridgehead atoms. The van der Waals surface area contributed by atoms with E-state index >= 15 is 0 Å². The summed E-state index contributed by atoms with van der Waals surface area (Å²) in [5, 5.41) is 11.7. The van der Waals surface area contributed by atoms with Gasteiger partial charge in [-0.25, -0.2) is 9.07 Å². The molecule has 0 spiro atoms. The predicted octanol–water partition coefficient (Wildman–Crippen LogP) is 3.53. The van der Waals surface area contributed by atoms with Crippen LogP contribution in [0.5, 0.6) is 0 Å². The molecular formula is C19H15FN4O. The Kier molecular flexibility index (Phi) is 4.89. The summed E-state index contributed by atoms with van der Waals surface area (Å²) in [6, 6.07) is 16.4. The van der Waals surface area contributed by atoms with E-state index in [-0.39, 0.29) is 23.4 Å². The number of hydrogen-bond donors (Lipinski definition) is 1. The molecule has 2 aromatic carbocycles. The van der Waals surface area contributed by atoms with E-state index in [0.717, 1.165) is 0 Å². The van der Waals surface area contributed by atoms with Crippen molar-refractivity contribution in [2.75, 3.05) is 0 Å². The molecule has 1 N–H and O–H groups in total. The first-order valence-corrected chi connectivity index (χ1v) is 7.65. The van der Waals surface area contributed by atoms with E-state index in [1.807, 2.05) is 30.3 Å². The number of aliphatic imine (C=N–C) groups is 1. The van der Waals surface area contributed by atoms with Gasteiger partial charge in [-0.15, -0.1) is 0 Å². The summed E-state index contributed by atoms with van der Waals surface area (Å²) in [6.07, 6.45) is 2.88. The number of benzene rings is 2. The monoisotopic (exact) mass is 334 g/mol. The second kappa shape index (κ2) is 7.44. The van der Waals surface area contributed by atoms with Gasteiger partial charge in [-0.05, 0) is 36.4 Å². The SMILES string of the molecule is N=CCC(=Nc1ccccc1)c1nn(-c2ccc(F)cc2)ccc1=O. The fraction of sp³-hybridized carbons (Fsp3) is 0.0526. The molecule has 6 heteroatoms. The number of halogens is 1. The number of nitrogens with one attached hydrogen (secondary N) is 1. The van der Waals surface area contributed by atoms with Crippen LogP contribution in [0, 0.1) is 11.2 Å². The van der Waals surface area contributed by atoms with Crippen molar-refractivity contribution in [2.45, 2.75) is 6.42 Å². The van der Waals surface area contributed by atoms with Gasteiger partial charge in [-0.2, -0.15) is 5.10 Å². The van der Waals surface area contributed by atoms with Crippen LogP contribution in [0.15, 0.2) is 76.6 Å². The Morgan fingerprint density at radius 3 is 2.52 bits per heavy atom. The zero-order valence-electron chi connectivity index (χ0n) is 13.3. The van der Waals surface area contributed by atoms with Crippen molar-refractivity contribution < 1.29 is 4.39 Å². The van der Waals surface area contributed by atoms with Gasteiger partial charge >= 0.3 is 0 Å². The Balaban J connectivity index is 2.08. The van der Waals surface area contributed by atoms with E-state index in [4.69, 9.17) is 5.41 Å². The van der Waals surface area contributed by atoms with E-state index in [1.54, 1.807) is 12.1 Å². The lowest BCUT2D eigenvalue weighted by atomic mass is 10.2. The molecule has 0 atom stereocenters. The average Bonchev–Trinajstić information content (AvgIpc) is 2.63. The average molecular weight is 334 g/mol. The minimum absolute atomic E-state index is 0.166. The first-order chi connectivity index (χ1) is 12.2. The van der Waals surface area contributed by atoms with E-state index < -0.39 is 0 Å². The van der Waals surface area contributed by atoms with E-state index in [0.29, 0.717) is 17.1 Å². The molecule has 124 valence electrons. The highest BCUT2D eigenvalue weighted by molar-refractivity contribution is 6.06. The maximum atomic E-state index is 13.1. The molecular weight excluding hydrogens is 319 g/mol. The summed E-state index contributed by atoms with van der Waals surface area (Å²) < 4.78 is 14.6. The molecule has 0 aliphatic rings. The van der Waals surface area contributed by atoms with Crippen LogP contribution in [0.3, 0.4) is 0 Å². The van der Waals surface area contributed by atoms with Crippen molar-refractivity contribution in [3.63, 3.8) is 0 Å². The van der Waals surface area contributed by atoms with Gasteiger partial charge < -0.3 is 5.41 Å². The number of nitrogens with zero attached hydrogens (tertiary/aromatic N) is 3. The lowest BCUT2D eigenvalue weighted by molar-refractivity contribution is 0.627. The minimum atomic E-state index is -0.347. The summed E-state index contributed by atoms with van der Waals surface area (Å²) in [4.78, 5) is 16.7. The van der Waals surface area contributed by atoms with Crippen LogP contribution in [-0.2, 0) is 0 Å². The van der Waals surface area contributed by atoms with Gasteiger partial charge in [0.2, 0.25) is 5.43 Å². The van der Waals surface area contributed by atoms with Gasteiger partial charge in [0.05, 0.1) is 17.1 Å². The molecule has 0 fully saturated rings. The highest BCUT2D eigenvalue weighted by atomic mass is 19.1. The van der Waals surface area contributed by atoms with Crippen molar-refractivity contribution in [1.29, 1.82) is 5.41 Å². The smallest absolute Gasteiger partial charge is 0.209 e. The number of rotatable bonds is 5. The molecule has 0 amide bonds. The lowest BCUT2D eigenvalue weighted by Crippen LogP contribution is -2.21. The zero-order chi connectivity index (χ0) is 17.6. The Hall–Kier alpha value is -3.41. The summed E-state index contributed by atoms with van der Waals surface area (Å²) in [5.74, 6) is -0.347. The van der Waals surface area contributed by atoms with Crippen molar-refractivity contribution in [1.82, 2.24) is 9.78 Å². The van der Waals surface area contributed by atoms with E-state index in [1.165, 1.54) is 35.3 Å². The molecule has 0 unspecified atom stereocenters. The van der Waals surface area contributed by atoms with Crippen molar-refractivity contribution >= 4 is 17.6 Å². The van der Waals surface area contributed by atoms with E-state index in [9.17, 15) is 9.18 Å². The van der Waals surface area contributed by atoms with E-state index in [2.05, 4.69) is 10.1 Å². The number of aromatic nitrogens is 2. The van der Waals surface area contributed by atoms with Gasteiger partial charge in [-0.3, -0.25) is 9.79 Å². The Labute approximate surface area is 143 Å². The highest BCUT2D eigenvalue weighted by Crippen LogP contribution is 2.13. The standard InChI is InChI=1S/C19H15FN4O/c20-14-6-8-16(9-7-14)24-13-11-18(25)19(23-24)17(10-12-21)22-15-4-2-1-3-5-15/h1-9,11-13,21H,10H2. The van der Waals surface area contributed by atoms with Gasteiger partial charge in [0.1, 0.15) is 5.82 Å². The van der Waals surface area contributed by atoms with Crippen LogP contribution in [-0.4, -0.2) is 21.7 Å². The fourth-order valence-corrected chi connectivity index (χ4v) is 2.30. The largest absolute Gasteiger partial charge is 0.313 e. The highest BCUT2D eigenvalue weighted by Gasteiger charge is 2.11. The molecule has 0 saturated carbocycles. The summed E-state index contributed by atoms with van der Waals surface area (Å²) in [5.41, 5.74) is 1.59. The van der Waals surface area contributed by atoms with Crippen molar-refractivity contribution in [3.8, 4) is 5.69 Å². The van der Waals surface area contributed by atoms with Crippen molar-refractivity contribution in [2.24, 2.45) is 4.99 Å². The van der Waals surface area contributed by atoms with Gasteiger partial charge in [0.15, 0.2) is 5.69 Å². The van der Waals surface area contributed by atoms with Crippen LogP contribution in [0.2, 0.25) is 0 Å². The molecule has 1 aromatic heterocycles. The minimum Gasteiger partial charge on any atom is -0.313 e. The van der Waals surface area contributed by atoms with Crippen LogP contribution >= 0.6 is 0 Å². The van der Waals surface area contributed by atoms with Gasteiger partial charge in [0, 0.05) is 24.9 Å². The molecule has 1 heterocycles. The van der Waals surface area contributed by atoms with Gasteiger partial charge in [0.25, 0.3) is 0 Å². The summed E-state index contributed by atoms with van der Waals surface area (Å²) >= 11 is 0. The first-order valence-electron chi connectivity index (χ1n) is 7.65. The predicted molar refractivity (Wildman–Crippen MR) is 95.8 cm³/mol. The summed E-state index contributed by atoms with van der Waals surface area (Å²) in [6.45, 7) is 0.